The van der Waals surface area contributed by atoms with Crippen LogP contribution < -0.4 is 0 Å². The molecule has 0 nitrogen and oxygen atoms in total. The third-order valence-electron chi connectivity index (χ3n) is 2.12. The van der Waals surface area contributed by atoms with Gasteiger partial charge in [0.05, 0.1) is 5.75 Å². The monoisotopic (exact) mass is 256 g/mol. The van der Waals surface area contributed by atoms with Crippen molar-refractivity contribution in [3.8, 4) is 12.3 Å². The molecule has 0 radical (unpaired) electrons. The van der Waals surface area contributed by atoms with Crippen LogP contribution in [0.4, 0.5) is 0 Å². The molecule has 0 amide bonds. The predicted octanol–water partition coefficient (Wildman–Crippen LogP) is 3.74. The van der Waals surface area contributed by atoms with Crippen molar-refractivity contribution in [2.75, 3.05) is 5.75 Å². The number of thioether (sulfide) groups is 1. The number of hydrogen-bond acceptors (Lipinski definition) is 1. The van der Waals surface area contributed by atoms with Gasteiger partial charge in [-0.3, -0.25) is 0 Å². The van der Waals surface area contributed by atoms with Crippen LogP contribution in [0.25, 0.3) is 0 Å². The van der Waals surface area contributed by atoms with Crippen molar-refractivity contribution in [1.82, 2.24) is 0 Å². The van der Waals surface area contributed by atoms with Crippen LogP contribution in [0.15, 0.2) is 22.7 Å². The van der Waals surface area contributed by atoms with Gasteiger partial charge in [-0.2, -0.15) is 0 Å². The van der Waals surface area contributed by atoms with Crippen molar-refractivity contribution in [3.63, 3.8) is 0 Å². The first-order chi connectivity index (χ1) is 6.29. The minimum atomic E-state index is 0.554. The first-order valence-corrected chi connectivity index (χ1v) is 6.19. The van der Waals surface area contributed by atoms with Gasteiger partial charge in [0.15, 0.2) is 0 Å². The van der Waals surface area contributed by atoms with Gasteiger partial charge in [-0.15, -0.1) is 18.2 Å². The zero-order valence-electron chi connectivity index (χ0n) is 7.55. The Kier molecular flexibility index (Phi) is 4.69. The molecule has 0 saturated heterocycles. The van der Waals surface area contributed by atoms with Crippen LogP contribution >= 0.6 is 27.7 Å². The molecule has 1 aliphatic carbocycles. The van der Waals surface area contributed by atoms with E-state index in [2.05, 4.69) is 28.4 Å². The normalized spacial score (nSPS) is 22.6. The summed E-state index contributed by atoms with van der Waals surface area (Å²) in [6, 6.07) is 0. The lowest BCUT2D eigenvalue weighted by molar-refractivity contribution is 0.718. The molecule has 1 atom stereocenters. The van der Waals surface area contributed by atoms with E-state index in [4.69, 9.17) is 6.42 Å². The number of hydrogen-bond donors (Lipinski definition) is 0. The smallest absolute Gasteiger partial charge is 0.0551 e. The van der Waals surface area contributed by atoms with Crippen LogP contribution in [0, 0.1) is 12.3 Å². The molecule has 1 rings (SSSR count). The lowest BCUT2D eigenvalue weighted by atomic mass is 9.99. The molecule has 0 saturated carbocycles. The maximum atomic E-state index is 5.24. The van der Waals surface area contributed by atoms with E-state index in [-0.39, 0.29) is 0 Å². The topological polar surface area (TPSA) is 0 Å². The molecule has 0 aromatic rings. The molecule has 0 aliphatic heterocycles. The second kappa shape index (κ2) is 5.57. The molecule has 0 spiro atoms. The molecule has 0 N–H and O–H groups in total. The van der Waals surface area contributed by atoms with Crippen LogP contribution in [-0.4, -0.2) is 11.0 Å². The van der Waals surface area contributed by atoms with Crippen molar-refractivity contribution in [3.05, 3.63) is 22.7 Å². The fraction of sp³-hybridized carbons (Fsp3) is 0.455. The van der Waals surface area contributed by atoms with E-state index in [9.17, 15) is 0 Å². The molecule has 1 unspecified atom stereocenters. The summed E-state index contributed by atoms with van der Waals surface area (Å²) in [6.45, 7) is 3.81. The number of halogens is 1. The summed E-state index contributed by atoms with van der Waals surface area (Å²) in [7, 11) is 0. The van der Waals surface area contributed by atoms with Gasteiger partial charge < -0.3 is 0 Å². The van der Waals surface area contributed by atoms with Gasteiger partial charge in [0.2, 0.25) is 0 Å². The second-order valence-electron chi connectivity index (χ2n) is 2.97. The SMILES string of the molecule is C#CCSC1CCCC(C=C)=C1Br. The van der Waals surface area contributed by atoms with E-state index < -0.39 is 0 Å². The van der Waals surface area contributed by atoms with E-state index in [1.165, 1.54) is 22.9 Å². The van der Waals surface area contributed by atoms with Crippen LogP contribution in [0.5, 0.6) is 0 Å². The van der Waals surface area contributed by atoms with E-state index in [0.717, 1.165) is 12.2 Å². The fourth-order valence-corrected chi connectivity index (χ4v) is 3.35. The van der Waals surface area contributed by atoms with Crippen LogP contribution in [0.3, 0.4) is 0 Å². The summed E-state index contributed by atoms with van der Waals surface area (Å²) in [5.74, 6) is 3.46. The minimum absolute atomic E-state index is 0.554. The second-order valence-corrected chi connectivity index (χ2v) is 5.02. The van der Waals surface area contributed by atoms with E-state index >= 15 is 0 Å². The highest BCUT2D eigenvalue weighted by molar-refractivity contribution is 9.12. The maximum Gasteiger partial charge on any atom is 0.0551 e. The Morgan fingerprint density at radius 1 is 1.77 bits per heavy atom. The van der Waals surface area contributed by atoms with Crippen molar-refractivity contribution >= 4 is 27.7 Å². The predicted molar refractivity (Wildman–Crippen MR) is 65.1 cm³/mol. The summed E-state index contributed by atoms with van der Waals surface area (Å²) in [5, 5.41) is 0.554. The number of rotatable bonds is 3. The Hall–Kier alpha value is -0.130. The van der Waals surface area contributed by atoms with Gasteiger partial charge in [0.25, 0.3) is 0 Å². The van der Waals surface area contributed by atoms with E-state index in [0.29, 0.717) is 5.25 Å². The lowest BCUT2D eigenvalue weighted by Crippen LogP contribution is -2.10. The molecule has 2 heteroatoms. The summed E-state index contributed by atoms with van der Waals surface area (Å²) in [4.78, 5) is 0. The zero-order chi connectivity index (χ0) is 9.68. The Morgan fingerprint density at radius 2 is 2.54 bits per heavy atom. The maximum absolute atomic E-state index is 5.24. The standard InChI is InChI=1S/C11H13BrS/c1-3-8-13-10-7-5-6-9(4-2)11(10)12/h1,4,10H,2,5-8H2. The highest BCUT2D eigenvalue weighted by Gasteiger charge is 2.19. The highest BCUT2D eigenvalue weighted by Crippen LogP contribution is 2.36. The largest absolute Gasteiger partial charge is 0.140 e. The molecular formula is C11H13BrS. The lowest BCUT2D eigenvalue weighted by Gasteiger charge is -2.22. The molecule has 1 aliphatic rings. The molecular weight excluding hydrogens is 244 g/mol. The third-order valence-corrected chi connectivity index (χ3v) is 4.69. The van der Waals surface area contributed by atoms with Gasteiger partial charge in [-0.25, -0.2) is 0 Å². The first kappa shape index (κ1) is 10.9. The molecule has 0 aromatic heterocycles. The Bertz CT molecular complexity index is 260. The van der Waals surface area contributed by atoms with Crippen molar-refractivity contribution < 1.29 is 0 Å². The van der Waals surface area contributed by atoms with Gasteiger partial charge in [-0.05, 0) is 24.8 Å². The number of terminal acetylenes is 1. The summed E-state index contributed by atoms with van der Waals surface area (Å²) in [6.07, 6.45) is 10.8. The van der Waals surface area contributed by atoms with E-state index in [1.54, 1.807) is 0 Å². The first-order valence-electron chi connectivity index (χ1n) is 4.35. The Morgan fingerprint density at radius 3 is 3.15 bits per heavy atom. The zero-order valence-corrected chi connectivity index (χ0v) is 9.96. The average molecular weight is 257 g/mol. The van der Waals surface area contributed by atoms with Crippen LogP contribution in [0.1, 0.15) is 19.3 Å². The highest BCUT2D eigenvalue weighted by atomic mass is 79.9. The Labute approximate surface area is 93.0 Å². The quantitative estimate of drug-likeness (QED) is 0.694. The van der Waals surface area contributed by atoms with Crippen molar-refractivity contribution in [1.29, 1.82) is 0 Å². The van der Waals surface area contributed by atoms with Gasteiger partial charge in [0.1, 0.15) is 0 Å². The minimum Gasteiger partial charge on any atom is -0.140 e. The van der Waals surface area contributed by atoms with Crippen LogP contribution in [-0.2, 0) is 0 Å². The van der Waals surface area contributed by atoms with Crippen molar-refractivity contribution in [2.45, 2.75) is 24.5 Å². The van der Waals surface area contributed by atoms with Gasteiger partial charge >= 0.3 is 0 Å². The third kappa shape index (κ3) is 2.93. The summed E-state index contributed by atoms with van der Waals surface area (Å²) >= 11 is 5.47. The average Bonchev–Trinajstić information content (AvgIpc) is 2.16. The molecule has 0 fully saturated rings. The Balaban J connectivity index is 2.65. The fourth-order valence-electron chi connectivity index (χ4n) is 1.44. The van der Waals surface area contributed by atoms with E-state index in [1.807, 2.05) is 17.8 Å². The number of allylic oxidation sites excluding steroid dienone is 2. The molecule has 70 valence electrons. The summed E-state index contributed by atoms with van der Waals surface area (Å²) < 4.78 is 1.30. The van der Waals surface area contributed by atoms with Crippen LogP contribution in [0.2, 0.25) is 0 Å². The molecule has 0 bridgehead atoms. The molecule has 13 heavy (non-hydrogen) atoms. The molecule has 0 heterocycles. The van der Waals surface area contributed by atoms with Gasteiger partial charge in [-0.1, -0.05) is 34.5 Å². The van der Waals surface area contributed by atoms with Crippen molar-refractivity contribution in [2.24, 2.45) is 0 Å². The molecule has 0 aromatic carbocycles. The summed E-state index contributed by atoms with van der Waals surface area (Å²) in [5.41, 5.74) is 1.35. The van der Waals surface area contributed by atoms with Gasteiger partial charge in [0, 0.05) is 9.73 Å².